The van der Waals surface area contributed by atoms with E-state index in [2.05, 4.69) is 26.7 Å². The lowest BCUT2D eigenvalue weighted by Gasteiger charge is -2.50. The van der Waals surface area contributed by atoms with Crippen LogP contribution in [0.15, 0.2) is 24.5 Å². The number of aryl methyl sites for hydroxylation is 2. The van der Waals surface area contributed by atoms with Crippen molar-refractivity contribution in [2.75, 3.05) is 18.0 Å². The van der Waals surface area contributed by atoms with Gasteiger partial charge in [0.2, 0.25) is 0 Å². The summed E-state index contributed by atoms with van der Waals surface area (Å²) in [5, 5.41) is 23.6. The highest BCUT2D eigenvalue weighted by Crippen LogP contribution is 2.38. The zero-order valence-electron chi connectivity index (χ0n) is 18.9. The second kappa shape index (κ2) is 8.31. The Hall–Kier alpha value is -3.74. The Balaban J connectivity index is 1.59. The molecule has 172 valence electrons. The van der Waals surface area contributed by atoms with Crippen LogP contribution in [0.4, 0.5) is 14.5 Å². The molecule has 3 heterocycles. The van der Waals surface area contributed by atoms with Crippen LogP contribution < -0.4 is 10.2 Å². The number of amides is 1. The van der Waals surface area contributed by atoms with E-state index in [1.165, 1.54) is 0 Å². The largest absolute Gasteiger partial charge is 0.364 e. The molecular formula is C23H25F2N7O. The van der Waals surface area contributed by atoms with Gasteiger partial charge in [-0.3, -0.25) is 14.6 Å². The van der Waals surface area contributed by atoms with E-state index in [0.717, 1.165) is 34.6 Å². The summed E-state index contributed by atoms with van der Waals surface area (Å²) in [7, 11) is 0. The topological polar surface area (TPSA) is 103 Å². The zero-order valence-corrected chi connectivity index (χ0v) is 18.9. The van der Waals surface area contributed by atoms with Crippen molar-refractivity contribution in [1.29, 1.82) is 5.26 Å². The maximum atomic E-state index is 14.8. The van der Waals surface area contributed by atoms with Crippen molar-refractivity contribution >= 4 is 11.6 Å². The number of hydrogen-bond acceptors (Lipinski definition) is 5. The summed E-state index contributed by atoms with van der Waals surface area (Å²) in [5.41, 5.74) is 2.62. The van der Waals surface area contributed by atoms with Crippen LogP contribution in [0.2, 0.25) is 0 Å². The molecule has 2 N–H and O–H groups in total. The highest BCUT2D eigenvalue weighted by molar-refractivity contribution is 5.95. The second-order valence-corrected chi connectivity index (χ2v) is 8.81. The number of anilines is 1. The second-order valence-electron chi connectivity index (χ2n) is 8.81. The van der Waals surface area contributed by atoms with Gasteiger partial charge in [0.25, 0.3) is 5.91 Å². The first-order valence-electron chi connectivity index (χ1n) is 10.6. The van der Waals surface area contributed by atoms with Gasteiger partial charge in [-0.2, -0.15) is 15.5 Å². The van der Waals surface area contributed by atoms with Crippen LogP contribution in [-0.4, -0.2) is 45.0 Å². The minimum absolute atomic E-state index is 0.0519. The van der Waals surface area contributed by atoms with E-state index >= 15 is 0 Å². The normalized spacial score (nSPS) is 14.8. The minimum Gasteiger partial charge on any atom is -0.364 e. The smallest absolute Gasteiger partial charge is 0.254 e. The number of hydrogen-bond donors (Lipinski definition) is 2. The lowest BCUT2D eigenvalue weighted by molar-refractivity contribution is 0.0938. The lowest BCUT2D eigenvalue weighted by Crippen LogP contribution is -2.63. The number of nitrogens with one attached hydrogen (secondary N) is 2. The predicted octanol–water partition coefficient (Wildman–Crippen LogP) is 3.44. The number of nitrogens with zero attached hydrogens (tertiary/aromatic N) is 5. The van der Waals surface area contributed by atoms with Crippen molar-refractivity contribution in [3.8, 4) is 17.2 Å². The Morgan fingerprint density at radius 1 is 1.30 bits per heavy atom. The number of halogens is 2. The SMILES string of the molecule is Cc1n[nH]c(C)c1-c1cnn(C2(CC#N)CN(c3cc(F)c(C(=O)NC(C)C)cc3F)C2)c1. The molecule has 1 fully saturated rings. The Labute approximate surface area is 190 Å². The van der Waals surface area contributed by atoms with Crippen LogP contribution in [0.25, 0.3) is 11.1 Å². The molecule has 1 aliphatic heterocycles. The summed E-state index contributed by atoms with van der Waals surface area (Å²) >= 11 is 0. The number of benzene rings is 1. The Morgan fingerprint density at radius 2 is 2.03 bits per heavy atom. The number of nitriles is 1. The highest BCUT2D eigenvalue weighted by atomic mass is 19.1. The van der Waals surface area contributed by atoms with Crippen molar-refractivity contribution in [1.82, 2.24) is 25.3 Å². The average molecular weight is 453 g/mol. The molecule has 0 radical (unpaired) electrons. The maximum Gasteiger partial charge on any atom is 0.254 e. The Morgan fingerprint density at radius 3 is 2.64 bits per heavy atom. The van der Waals surface area contributed by atoms with E-state index < -0.39 is 23.1 Å². The summed E-state index contributed by atoms with van der Waals surface area (Å²) < 4.78 is 31.2. The van der Waals surface area contributed by atoms with Crippen molar-refractivity contribution in [3.05, 3.63) is 53.1 Å². The van der Waals surface area contributed by atoms with Crippen molar-refractivity contribution in [2.45, 2.75) is 45.7 Å². The number of carbonyl (C=O) groups is 1. The van der Waals surface area contributed by atoms with Crippen LogP contribution in [0.1, 0.15) is 42.0 Å². The fourth-order valence-electron chi connectivity index (χ4n) is 4.30. The van der Waals surface area contributed by atoms with Gasteiger partial charge in [0.15, 0.2) is 0 Å². The van der Waals surface area contributed by atoms with Crippen LogP contribution in [0.3, 0.4) is 0 Å². The number of rotatable bonds is 6. The van der Waals surface area contributed by atoms with Gasteiger partial charge >= 0.3 is 0 Å². The summed E-state index contributed by atoms with van der Waals surface area (Å²) in [4.78, 5) is 13.8. The van der Waals surface area contributed by atoms with E-state index in [0.29, 0.717) is 0 Å². The molecule has 0 saturated carbocycles. The summed E-state index contributed by atoms with van der Waals surface area (Å²) in [6.45, 7) is 7.86. The van der Waals surface area contributed by atoms with Gasteiger partial charge in [0.05, 0.1) is 35.6 Å². The first-order valence-corrected chi connectivity index (χ1v) is 10.6. The standard InChI is InChI=1S/C23H25F2N7O/c1-13(2)28-22(33)17-7-19(25)20(8-18(17)24)31-11-23(12-31,5-6-26)32-10-16(9-27-32)21-14(3)29-30-15(21)4/h7-10,13H,5,11-12H2,1-4H3,(H,28,33)(H,29,30). The van der Waals surface area contributed by atoms with Crippen LogP contribution >= 0.6 is 0 Å². The van der Waals surface area contributed by atoms with Gasteiger partial charge in [-0.1, -0.05) is 0 Å². The van der Waals surface area contributed by atoms with Crippen molar-refractivity contribution in [2.24, 2.45) is 0 Å². The molecule has 0 spiro atoms. The minimum atomic E-state index is -0.797. The van der Waals surface area contributed by atoms with E-state index in [1.54, 1.807) is 29.6 Å². The first-order chi connectivity index (χ1) is 15.6. The van der Waals surface area contributed by atoms with Crippen molar-refractivity contribution in [3.63, 3.8) is 0 Å². The van der Waals surface area contributed by atoms with Crippen LogP contribution in [0.5, 0.6) is 0 Å². The number of aromatic amines is 1. The first kappa shape index (κ1) is 22.5. The van der Waals surface area contributed by atoms with E-state index in [1.807, 2.05) is 20.0 Å². The third-order valence-electron chi connectivity index (χ3n) is 5.91. The molecule has 4 rings (SSSR count). The average Bonchev–Trinajstić information content (AvgIpc) is 3.32. The molecule has 3 aromatic rings. The molecule has 0 unspecified atom stereocenters. The quantitative estimate of drug-likeness (QED) is 0.595. The Kier molecular flexibility index (Phi) is 5.66. The number of aromatic nitrogens is 4. The molecule has 10 heteroatoms. The van der Waals surface area contributed by atoms with E-state index in [9.17, 15) is 18.8 Å². The molecule has 8 nitrogen and oxygen atoms in total. The monoisotopic (exact) mass is 453 g/mol. The van der Waals surface area contributed by atoms with Crippen LogP contribution in [0, 0.1) is 36.8 Å². The van der Waals surface area contributed by atoms with Gasteiger partial charge in [-0.25, -0.2) is 8.78 Å². The number of carbonyl (C=O) groups excluding carboxylic acids is 1. The van der Waals surface area contributed by atoms with Crippen molar-refractivity contribution < 1.29 is 13.6 Å². The van der Waals surface area contributed by atoms with Gasteiger partial charge in [0.1, 0.15) is 17.2 Å². The molecule has 2 aromatic heterocycles. The van der Waals surface area contributed by atoms with E-state index in [-0.39, 0.29) is 36.8 Å². The molecule has 1 saturated heterocycles. The molecule has 1 aromatic carbocycles. The number of H-pyrrole nitrogens is 1. The third kappa shape index (κ3) is 3.95. The summed E-state index contributed by atoms with van der Waals surface area (Å²) in [6.07, 6.45) is 3.73. The summed E-state index contributed by atoms with van der Waals surface area (Å²) in [6, 6.07) is 3.95. The maximum absolute atomic E-state index is 14.8. The zero-order chi connectivity index (χ0) is 23.9. The predicted molar refractivity (Wildman–Crippen MR) is 119 cm³/mol. The molecule has 33 heavy (non-hydrogen) atoms. The van der Waals surface area contributed by atoms with Gasteiger partial charge < -0.3 is 10.2 Å². The summed E-state index contributed by atoms with van der Waals surface area (Å²) in [5.74, 6) is -2.15. The molecular weight excluding hydrogens is 428 g/mol. The van der Waals surface area contributed by atoms with Gasteiger partial charge in [-0.05, 0) is 33.8 Å². The highest BCUT2D eigenvalue weighted by Gasteiger charge is 2.46. The molecule has 1 amide bonds. The van der Waals surface area contributed by atoms with Gasteiger partial charge in [-0.15, -0.1) is 0 Å². The van der Waals surface area contributed by atoms with Gasteiger partial charge in [0, 0.05) is 48.2 Å². The molecule has 0 aliphatic carbocycles. The molecule has 0 bridgehead atoms. The molecule has 0 atom stereocenters. The fourth-order valence-corrected chi connectivity index (χ4v) is 4.30. The Bertz CT molecular complexity index is 1230. The van der Waals surface area contributed by atoms with Crippen LogP contribution in [-0.2, 0) is 5.54 Å². The van der Waals surface area contributed by atoms with E-state index in [4.69, 9.17) is 0 Å². The third-order valence-corrected chi connectivity index (χ3v) is 5.91. The fraction of sp³-hybridized carbons (Fsp3) is 0.391. The molecule has 1 aliphatic rings. The lowest BCUT2D eigenvalue weighted by atomic mass is 9.86.